The maximum Gasteiger partial charge on any atom is 0.125 e. The summed E-state index contributed by atoms with van der Waals surface area (Å²) in [6, 6.07) is 12.9. The third-order valence-electron chi connectivity index (χ3n) is 3.74. The summed E-state index contributed by atoms with van der Waals surface area (Å²) in [5, 5.41) is 0. The first-order chi connectivity index (χ1) is 10.2. The van der Waals surface area contributed by atoms with E-state index < -0.39 is 0 Å². The second kappa shape index (κ2) is 5.86. The summed E-state index contributed by atoms with van der Waals surface area (Å²) in [5.41, 5.74) is 4.07. The van der Waals surface area contributed by atoms with Gasteiger partial charge in [0, 0.05) is 6.54 Å². The first kappa shape index (κ1) is 14.1. The van der Waals surface area contributed by atoms with Crippen molar-refractivity contribution < 1.29 is 4.39 Å². The molecule has 0 fully saturated rings. The zero-order valence-electron chi connectivity index (χ0n) is 11.8. The highest BCUT2D eigenvalue weighted by molar-refractivity contribution is 6.16. The van der Waals surface area contributed by atoms with Gasteiger partial charge in [0.25, 0.3) is 0 Å². The van der Waals surface area contributed by atoms with E-state index in [-0.39, 0.29) is 5.82 Å². The fourth-order valence-corrected chi connectivity index (χ4v) is 2.86. The zero-order valence-corrected chi connectivity index (χ0v) is 12.6. The second-order valence-electron chi connectivity index (χ2n) is 5.00. The van der Waals surface area contributed by atoms with Gasteiger partial charge in [-0.15, -0.1) is 11.6 Å². The first-order valence-electron chi connectivity index (χ1n) is 7.00. The molecule has 1 aromatic heterocycles. The fourth-order valence-electron chi connectivity index (χ4n) is 2.65. The lowest BCUT2D eigenvalue weighted by molar-refractivity contribution is 0.628. The predicted octanol–water partition coefficient (Wildman–Crippen LogP) is 4.52. The van der Waals surface area contributed by atoms with Crippen LogP contribution in [0.25, 0.3) is 11.0 Å². The van der Waals surface area contributed by atoms with E-state index in [2.05, 4.69) is 24.0 Å². The molecule has 2 nitrogen and oxygen atoms in total. The number of rotatable bonds is 4. The molecular formula is C17H16ClFN2. The van der Waals surface area contributed by atoms with Gasteiger partial charge in [0.15, 0.2) is 0 Å². The molecule has 0 aliphatic carbocycles. The molecule has 0 saturated carbocycles. The number of halogens is 2. The average molecular weight is 303 g/mol. The van der Waals surface area contributed by atoms with Crippen LogP contribution in [0.2, 0.25) is 0 Å². The number of aromatic nitrogens is 2. The molecule has 0 radical (unpaired) electrons. The number of fused-ring (bicyclic) bond motifs is 1. The summed E-state index contributed by atoms with van der Waals surface area (Å²) < 4.78 is 15.5. The minimum atomic E-state index is -0.256. The van der Waals surface area contributed by atoms with Crippen LogP contribution in [-0.2, 0) is 18.8 Å². The van der Waals surface area contributed by atoms with Crippen molar-refractivity contribution in [2.45, 2.75) is 25.8 Å². The van der Waals surface area contributed by atoms with Crippen molar-refractivity contribution in [2.75, 3.05) is 0 Å². The Morgan fingerprint density at radius 1 is 1.14 bits per heavy atom. The van der Waals surface area contributed by atoms with Crippen molar-refractivity contribution >= 4 is 22.6 Å². The SMILES string of the molecule is CCc1ccccc1Cn1c(CCl)nc2ccc(F)cc21. The Balaban J connectivity index is 2.12. The van der Waals surface area contributed by atoms with Gasteiger partial charge in [-0.1, -0.05) is 31.2 Å². The summed E-state index contributed by atoms with van der Waals surface area (Å²) in [6.45, 7) is 2.79. The van der Waals surface area contributed by atoms with E-state index in [9.17, 15) is 4.39 Å². The number of alkyl halides is 1. The van der Waals surface area contributed by atoms with Crippen LogP contribution >= 0.6 is 11.6 Å². The Labute approximate surface area is 128 Å². The molecule has 0 aliphatic heterocycles. The normalized spacial score (nSPS) is 11.2. The molecular weight excluding hydrogens is 287 g/mol. The maximum absolute atomic E-state index is 13.5. The molecule has 0 atom stereocenters. The van der Waals surface area contributed by atoms with Crippen LogP contribution in [0.4, 0.5) is 4.39 Å². The molecule has 0 spiro atoms. The van der Waals surface area contributed by atoms with Gasteiger partial charge in [-0.3, -0.25) is 0 Å². The van der Waals surface area contributed by atoms with Crippen LogP contribution in [0.1, 0.15) is 23.9 Å². The molecule has 3 aromatic rings. The average Bonchev–Trinajstić information content (AvgIpc) is 2.85. The second-order valence-corrected chi connectivity index (χ2v) is 5.27. The summed E-state index contributed by atoms with van der Waals surface area (Å²) in [5.74, 6) is 0.821. The number of hydrogen-bond acceptors (Lipinski definition) is 1. The Morgan fingerprint density at radius 2 is 1.90 bits per heavy atom. The van der Waals surface area contributed by atoms with E-state index in [0.29, 0.717) is 12.4 Å². The van der Waals surface area contributed by atoms with Crippen molar-refractivity contribution in [3.05, 3.63) is 65.2 Å². The van der Waals surface area contributed by atoms with E-state index >= 15 is 0 Å². The number of imidazole rings is 1. The monoisotopic (exact) mass is 302 g/mol. The standard InChI is InChI=1S/C17H16ClFN2/c1-2-12-5-3-4-6-13(12)11-21-16-9-14(19)7-8-15(16)20-17(21)10-18/h3-9H,2,10-11H2,1H3. The third-order valence-corrected chi connectivity index (χ3v) is 3.98. The number of benzene rings is 2. The van der Waals surface area contributed by atoms with E-state index in [0.717, 1.165) is 23.3 Å². The molecule has 21 heavy (non-hydrogen) atoms. The molecule has 0 saturated heterocycles. The van der Waals surface area contributed by atoms with E-state index in [1.165, 1.54) is 23.3 Å². The van der Waals surface area contributed by atoms with Gasteiger partial charge in [0.1, 0.15) is 11.6 Å². The Hall–Kier alpha value is -1.87. The fraction of sp³-hybridized carbons (Fsp3) is 0.235. The van der Waals surface area contributed by atoms with Crippen molar-refractivity contribution in [3.63, 3.8) is 0 Å². The summed E-state index contributed by atoms with van der Waals surface area (Å²) in [4.78, 5) is 4.49. The quantitative estimate of drug-likeness (QED) is 0.648. The van der Waals surface area contributed by atoms with Crippen molar-refractivity contribution in [1.29, 1.82) is 0 Å². The van der Waals surface area contributed by atoms with E-state index in [1.807, 2.05) is 16.7 Å². The van der Waals surface area contributed by atoms with Crippen LogP contribution in [0.15, 0.2) is 42.5 Å². The number of hydrogen-bond donors (Lipinski definition) is 0. The van der Waals surface area contributed by atoms with Crippen LogP contribution in [-0.4, -0.2) is 9.55 Å². The smallest absolute Gasteiger partial charge is 0.125 e. The van der Waals surface area contributed by atoms with Crippen LogP contribution in [0, 0.1) is 5.82 Å². The topological polar surface area (TPSA) is 17.8 Å². The Bertz CT molecular complexity index is 780. The molecule has 0 N–H and O–H groups in total. The molecule has 3 rings (SSSR count). The molecule has 0 bridgehead atoms. The van der Waals surface area contributed by atoms with Gasteiger partial charge >= 0.3 is 0 Å². The first-order valence-corrected chi connectivity index (χ1v) is 7.53. The van der Waals surface area contributed by atoms with Crippen molar-refractivity contribution in [2.24, 2.45) is 0 Å². The van der Waals surface area contributed by atoms with Crippen LogP contribution < -0.4 is 0 Å². The highest BCUT2D eigenvalue weighted by atomic mass is 35.5. The van der Waals surface area contributed by atoms with Crippen LogP contribution in [0.3, 0.4) is 0 Å². The lowest BCUT2D eigenvalue weighted by Gasteiger charge is -2.11. The summed E-state index contributed by atoms with van der Waals surface area (Å²) >= 11 is 6.01. The van der Waals surface area contributed by atoms with Gasteiger partial charge < -0.3 is 4.57 Å². The zero-order chi connectivity index (χ0) is 14.8. The lowest BCUT2D eigenvalue weighted by atomic mass is 10.1. The molecule has 4 heteroatoms. The van der Waals surface area contributed by atoms with Crippen molar-refractivity contribution in [3.8, 4) is 0 Å². The van der Waals surface area contributed by atoms with Gasteiger partial charge in [0.2, 0.25) is 0 Å². The maximum atomic E-state index is 13.5. The highest BCUT2D eigenvalue weighted by Crippen LogP contribution is 2.21. The van der Waals surface area contributed by atoms with Gasteiger partial charge in [0.05, 0.1) is 16.9 Å². The minimum absolute atomic E-state index is 0.256. The van der Waals surface area contributed by atoms with Gasteiger partial charge in [-0.25, -0.2) is 9.37 Å². The third kappa shape index (κ3) is 2.66. The van der Waals surface area contributed by atoms with Gasteiger partial charge in [-0.2, -0.15) is 0 Å². The molecule has 0 unspecified atom stereocenters. The summed E-state index contributed by atoms with van der Waals surface area (Å²) in [7, 11) is 0. The van der Waals surface area contributed by atoms with Crippen LogP contribution in [0.5, 0.6) is 0 Å². The number of aryl methyl sites for hydroxylation is 1. The largest absolute Gasteiger partial charge is 0.322 e. The van der Waals surface area contributed by atoms with Crippen molar-refractivity contribution in [1.82, 2.24) is 9.55 Å². The molecule has 1 heterocycles. The lowest BCUT2D eigenvalue weighted by Crippen LogP contribution is -2.06. The number of nitrogens with zero attached hydrogens (tertiary/aromatic N) is 2. The molecule has 2 aromatic carbocycles. The predicted molar refractivity (Wildman–Crippen MR) is 84.2 cm³/mol. The Morgan fingerprint density at radius 3 is 2.62 bits per heavy atom. The molecule has 0 aliphatic rings. The minimum Gasteiger partial charge on any atom is -0.322 e. The molecule has 108 valence electrons. The van der Waals surface area contributed by atoms with E-state index in [1.54, 1.807) is 6.07 Å². The van der Waals surface area contributed by atoms with E-state index in [4.69, 9.17) is 11.6 Å². The van der Waals surface area contributed by atoms with Gasteiger partial charge in [-0.05, 0) is 35.7 Å². The summed E-state index contributed by atoms with van der Waals surface area (Å²) in [6.07, 6.45) is 0.966. The highest BCUT2D eigenvalue weighted by Gasteiger charge is 2.12. The molecule has 0 amide bonds. The Kier molecular flexibility index (Phi) is 3.93.